The standard InChI is InChI=1S/C10H10N4O/c1-7(13-14-10(11)15)8-3-5-9(12-2)6-4-8/h3-6H,1H3,(H3,11,14,15). The van der Waals surface area contributed by atoms with Gasteiger partial charge in [-0.25, -0.2) is 15.1 Å². The molecule has 1 aromatic carbocycles. The Morgan fingerprint density at radius 1 is 1.47 bits per heavy atom. The van der Waals surface area contributed by atoms with Crippen LogP contribution in [0, 0.1) is 6.57 Å². The molecule has 1 rings (SSSR count). The van der Waals surface area contributed by atoms with Crippen molar-refractivity contribution < 1.29 is 4.79 Å². The number of rotatable bonds is 2. The van der Waals surface area contributed by atoms with Gasteiger partial charge in [-0.2, -0.15) is 5.10 Å². The molecule has 0 atom stereocenters. The predicted octanol–water partition coefficient (Wildman–Crippen LogP) is 1.63. The number of nitrogens with zero attached hydrogens (tertiary/aromatic N) is 2. The lowest BCUT2D eigenvalue weighted by atomic mass is 10.1. The first-order valence-corrected chi connectivity index (χ1v) is 4.21. The van der Waals surface area contributed by atoms with Gasteiger partial charge in [-0.15, -0.1) is 0 Å². The van der Waals surface area contributed by atoms with Crippen LogP contribution in [0.3, 0.4) is 0 Å². The number of carbonyl (C=O) groups excluding carboxylic acids is 1. The summed E-state index contributed by atoms with van der Waals surface area (Å²) in [5, 5.41) is 3.76. The molecule has 15 heavy (non-hydrogen) atoms. The smallest absolute Gasteiger partial charge is 0.332 e. The van der Waals surface area contributed by atoms with E-state index < -0.39 is 6.03 Å². The number of carbonyl (C=O) groups is 1. The molecule has 0 bridgehead atoms. The molecule has 1 aromatic rings. The van der Waals surface area contributed by atoms with Crippen LogP contribution >= 0.6 is 0 Å². The molecule has 0 heterocycles. The monoisotopic (exact) mass is 202 g/mol. The fourth-order valence-corrected chi connectivity index (χ4v) is 0.981. The van der Waals surface area contributed by atoms with E-state index in [0.717, 1.165) is 5.56 Å². The maximum Gasteiger partial charge on any atom is 0.332 e. The minimum absolute atomic E-state index is 0.564. The highest BCUT2D eigenvalue weighted by molar-refractivity contribution is 5.99. The van der Waals surface area contributed by atoms with Gasteiger partial charge in [0.15, 0.2) is 5.69 Å². The minimum atomic E-state index is -0.702. The van der Waals surface area contributed by atoms with Crippen molar-refractivity contribution in [2.75, 3.05) is 0 Å². The third-order valence-corrected chi connectivity index (χ3v) is 1.75. The second-order valence-electron chi connectivity index (χ2n) is 2.83. The van der Waals surface area contributed by atoms with Gasteiger partial charge in [0.05, 0.1) is 12.3 Å². The van der Waals surface area contributed by atoms with Crippen LogP contribution < -0.4 is 11.2 Å². The Hall–Kier alpha value is -2.35. The number of nitrogens with one attached hydrogen (secondary N) is 1. The molecule has 76 valence electrons. The second-order valence-corrected chi connectivity index (χ2v) is 2.83. The van der Waals surface area contributed by atoms with E-state index >= 15 is 0 Å². The molecule has 0 aliphatic rings. The molecule has 0 saturated carbocycles. The van der Waals surface area contributed by atoms with Crippen LogP contribution in [-0.4, -0.2) is 11.7 Å². The summed E-state index contributed by atoms with van der Waals surface area (Å²) in [4.78, 5) is 13.7. The van der Waals surface area contributed by atoms with Crippen LogP contribution in [0.15, 0.2) is 29.4 Å². The van der Waals surface area contributed by atoms with E-state index in [1.165, 1.54) is 0 Å². The molecule has 0 spiro atoms. The number of urea groups is 1. The molecular weight excluding hydrogens is 192 g/mol. The van der Waals surface area contributed by atoms with Gasteiger partial charge >= 0.3 is 6.03 Å². The molecular formula is C10H10N4O. The van der Waals surface area contributed by atoms with Crippen molar-refractivity contribution in [3.63, 3.8) is 0 Å². The molecule has 0 aliphatic carbocycles. The Morgan fingerprint density at radius 3 is 2.53 bits per heavy atom. The number of hydrogen-bond donors (Lipinski definition) is 2. The van der Waals surface area contributed by atoms with E-state index in [9.17, 15) is 4.79 Å². The first-order chi connectivity index (χ1) is 7.13. The molecule has 5 nitrogen and oxygen atoms in total. The summed E-state index contributed by atoms with van der Waals surface area (Å²) in [7, 11) is 0. The van der Waals surface area contributed by atoms with Crippen molar-refractivity contribution in [1.29, 1.82) is 0 Å². The van der Waals surface area contributed by atoms with Crippen LogP contribution in [0.5, 0.6) is 0 Å². The van der Waals surface area contributed by atoms with E-state index in [0.29, 0.717) is 11.4 Å². The van der Waals surface area contributed by atoms with Gasteiger partial charge in [-0.1, -0.05) is 24.3 Å². The van der Waals surface area contributed by atoms with Gasteiger partial charge in [-0.3, -0.25) is 0 Å². The Kier molecular flexibility index (Phi) is 3.41. The summed E-state index contributed by atoms with van der Waals surface area (Å²) in [6.07, 6.45) is 0. The number of amides is 2. The van der Waals surface area contributed by atoms with Gasteiger partial charge in [0.25, 0.3) is 0 Å². The van der Waals surface area contributed by atoms with Crippen molar-refractivity contribution >= 4 is 17.4 Å². The van der Waals surface area contributed by atoms with Gasteiger partial charge < -0.3 is 5.73 Å². The van der Waals surface area contributed by atoms with Crippen molar-refractivity contribution in [2.24, 2.45) is 10.8 Å². The number of benzene rings is 1. The van der Waals surface area contributed by atoms with Crippen molar-refractivity contribution in [1.82, 2.24) is 5.43 Å². The molecule has 3 N–H and O–H groups in total. The summed E-state index contributed by atoms with van der Waals surface area (Å²) in [6.45, 7) is 8.52. The SMILES string of the molecule is [C-]#[N+]c1ccc(C(C)=NNC(N)=O)cc1. The van der Waals surface area contributed by atoms with Gasteiger partial charge in [0.2, 0.25) is 0 Å². The van der Waals surface area contributed by atoms with E-state index in [1.807, 2.05) is 0 Å². The minimum Gasteiger partial charge on any atom is -0.350 e. The van der Waals surface area contributed by atoms with E-state index in [-0.39, 0.29) is 0 Å². The first kappa shape index (κ1) is 10.7. The fraction of sp³-hybridized carbons (Fsp3) is 0.100. The lowest BCUT2D eigenvalue weighted by Gasteiger charge is -2.00. The lowest BCUT2D eigenvalue weighted by Crippen LogP contribution is -2.25. The van der Waals surface area contributed by atoms with Crippen molar-refractivity contribution in [2.45, 2.75) is 6.92 Å². The van der Waals surface area contributed by atoms with Gasteiger partial charge in [-0.05, 0) is 12.5 Å². The van der Waals surface area contributed by atoms with E-state index in [1.54, 1.807) is 31.2 Å². The van der Waals surface area contributed by atoms with Gasteiger partial charge in [0, 0.05) is 0 Å². The molecule has 0 fully saturated rings. The first-order valence-electron chi connectivity index (χ1n) is 4.21. The molecule has 0 aromatic heterocycles. The largest absolute Gasteiger partial charge is 0.350 e. The van der Waals surface area contributed by atoms with Crippen molar-refractivity contribution in [3.05, 3.63) is 41.2 Å². The highest BCUT2D eigenvalue weighted by Crippen LogP contribution is 2.12. The molecule has 0 saturated heterocycles. The third kappa shape index (κ3) is 3.12. The van der Waals surface area contributed by atoms with Crippen LogP contribution in [0.4, 0.5) is 10.5 Å². The van der Waals surface area contributed by atoms with E-state index in [4.69, 9.17) is 12.3 Å². The average molecular weight is 202 g/mol. The second kappa shape index (κ2) is 4.77. The maximum atomic E-state index is 10.4. The molecule has 5 heteroatoms. The highest BCUT2D eigenvalue weighted by Gasteiger charge is 1.98. The number of primary amides is 1. The average Bonchev–Trinajstić information content (AvgIpc) is 2.26. The zero-order chi connectivity index (χ0) is 11.3. The zero-order valence-corrected chi connectivity index (χ0v) is 8.19. The van der Waals surface area contributed by atoms with Crippen molar-refractivity contribution in [3.8, 4) is 0 Å². The maximum absolute atomic E-state index is 10.4. The summed E-state index contributed by atoms with van der Waals surface area (Å²) in [5.74, 6) is 0. The third-order valence-electron chi connectivity index (χ3n) is 1.75. The molecule has 0 radical (unpaired) electrons. The highest BCUT2D eigenvalue weighted by atomic mass is 16.2. The fourth-order valence-electron chi connectivity index (χ4n) is 0.981. The van der Waals surface area contributed by atoms with Gasteiger partial charge in [0.1, 0.15) is 0 Å². The predicted molar refractivity (Wildman–Crippen MR) is 57.6 cm³/mol. The Bertz CT molecular complexity index is 428. The number of hydrazone groups is 1. The molecule has 0 aliphatic heterocycles. The lowest BCUT2D eigenvalue weighted by molar-refractivity contribution is 0.249. The normalized spacial score (nSPS) is 10.5. The Morgan fingerprint density at radius 2 is 2.07 bits per heavy atom. The van der Waals surface area contributed by atoms with Crippen LogP contribution in [0.2, 0.25) is 0 Å². The Balaban J connectivity index is 2.83. The Labute approximate surface area is 87.4 Å². The molecule has 0 unspecified atom stereocenters. The number of nitrogens with two attached hydrogens (primary N) is 1. The van der Waals surface area contributed by atoms with Crippen LogP contribution in [0.25, 0.3) is 4.85 Å². The summed E-state index contributed by atoms with van der Waals surface area (Å²) < 4.78 is 0. The van der Waals surface area contributed by atoms with Crippen LogP contribution in [-0.2, 0) is 0 Å². The summed E-state index contributed by atoms with van der Waals surface area (Å²) in [6, 6.07) is 6.19. The number of hydrogen-bond acceptors (Lipinski definition) is 2. The zero-order valence-electron chi connectivity index (χ0n) is 8.19. The van der Waals surface area contributed by atoms with E-state index in [2.05, 4.69) is 15.4 Å². The quantitative estimate of drug-likeness (QED) is 0.427. The van der Waals surface area contributed by atoms with Crippen LogP contribution in [0.1, 0.15) is 12.5 Å². The summed E-state index contributed by atoms with van der Waals surface area (Å²) in [5.41, 5.74) is 9.03. The molecule has 2 amide bonds. The summed E-state index contributed by atoms with van der Waals surface area (Å²) >= 11 is 0. The topological polar surface area (TPSA) is 71.8 Å².